The Morgan fingerprint density at radius 1 is 1.16 bits per heavy atom. The Kier molecular flexibility index (Phi) is 3.95. The van der Waals surface area contributed by atoms with Crippen molar-refractivity contribution in [2.24, 2.45) is 0 Å². The van der Waals surface area contributed by atoms with Crippen LogP contribution < -0.4 is 5.73 Å². The molecule has 0 aliphatic carbocycles. The number of ketones is 1. The number of Topliss-reactive ketones (excluding diaryl/α,β-unsaturated/α-hetero) is 1. The van der Waals surface area contributed by atoms with Gasteiger partial charge in [0.15, 0.2) is 0 Å². The molecule has 2 N–H and O–H groups in total. The first-order valence-corrected chi connectivity index (χ1v) is 6.33. The van der Waals surface area contributed by atoms with Crippen LogP contribution in [0.25, 0.3) is 0 Å². The molecule has 0 radical (unpaired) electrons. The number of hydrogen-bond acceptors (Lipinski definition) is 3. The maximum absolute atomic E-state index is 12.1. The number of rotatable bonds is 4. The number of pyridine rings is 1. The Hall–Kier alpha value is -2.16. The lowest BCUT2D eigenvalue weighted by Crippen LogP contribution is -2.09. The first-order chi connectivity index (χ1) is 9.04. The molecule has 0 unspecified atom stereocenters. The maximum atomic E-state index is 12.1. The van der Waals surface area contributed by atoms with Gasteiger partial charge in [-0.15, -0.1) is 0 Å². The van der Waals surface area contributed by atoms with Gasteiger partial charge in [-0.1, -0.05) is 35.4 Å². The van der Waals surface area contributed by atoms with E-state index in [1.54, 1.807) is 12.3 Å². The molecule has 0 amide bonds. The molecule has 2 rings (SSSR count). The summed E-state index contributed by atoms with van der Waals surface area (Å²) in [5.41, 5.74) is 9.98. The van der Waals surface area contributed by atoms with Gasteiger partial charge in [0.05, 0.1) is 0 Å². The van der Waals surface area contributed by atoms with Crippen LogP contribution in [-0.2, 0) is 17.6 Å². The van der Waals surface area contributed by atoms with Crippen molar-refractivity contribution in [1.82, 2.24) is 4.98 Å². The van der Waals surface area contributed by atoms with Gasteiger partial charge in [-0.05, 0) is 25.5 Å². The molecule has 3 heteroatoms. The smallest absolute Gasteiger partial charge is 0.141 e. The van der Waals surface area contributed by atoms with Crippen LogP contribution >= 0.6 is 0 Å². The number of benzene rings is 1. The van der Waals surface area contributed by atoms with E-state index in [0.29, 0.717) is 18.7 Å². The Morgan fingerprint density at radius 3 is 2.47 bits per heavy atom. The van der Waals surface area contributed by atoms with Crippen molar-refractivity contribution >= 4 is 11.6 Å². The molecule has 19 heavy (non-hydrogen) atoms. The Bertz CT molecular complexity index is 585. The van der Waals surface area contributed by atoms with E-state index in [4.69, 9.17) is 5.73 Å². The highest BCUT2D eigenvalue weighted by Gasteiger charge is 2.08. The van der Waals surface area contributed by atoms with Crippen molar-refractivity contribution in [2.45, 2.75) is 26.7 Å². The standard InChI is InChI=1S/C16H18N2O/c1-11-6-12(2)8-13(7-11)9-15(19)10-14-4-3-5-18-16(14)17/h3-8H,9-10H2,1-2H3,(H2,17,18). The predicted molar refractivity (Wildman–Crippen MR) is 77.0 cm³/mol. The fourth-order valence-corrected chi connectivity index (χ4v) is 2.27. The monoisotopic (exact) mass is 254 g/mol. The number of carbonyl (C=O) groups excluding carboxylic acids is 1. The summed E-state index contributed by atoms with van der Waals surface area (Å²) in [5.74, 6) is 0.598. The lowest BCUT2D eigenvalue weighted by molar-refractivity contribution is -0.117. The van der Waals surface area contributed by atoms with Gasteiger partial charge in [-0.25, -0.2) is 4.98 Å². The van der Waals surface area contributed by atoms with Crippen molar-refractivity contribution in [1.29, 1.82) is 0 Å². The SMILES string of the molecule is Cc1cc(C)cc(CC(=O)Cc2cccnc2N)c1. The summed E-state index contributed by atoms with van der Waals surface area (Å²) >= 11 is 0. The highest BCUT2D eigenvalue weighted by molar-refractivity contribution is 5.84. The van der Waals surface area contributed by atoms with Crippen molar-refractivity contribution in [3.63, 3.8) is 0 Å². The molecular weight excluding hydrogens is 236 g/mol. The number of nitrogen functional groups attached to an aromatic ring is 1. The van der Waals surface area contributed by atoms with E-state index in [1.807, 2.05) is 19.9 Å². The van der Waals surface area contributed by atoms with Gasteiger partial charge in [-0.2, -0.15) is 0 Å². The molecule has 0 saturated carbocycles. The molecular formula is C16H18N2O. The minimum Gasteiger partial charge on any atom is -0.383 e. The van der Waals surface area contributed by atoms with Gasteiger partial charge < -0.3 is 5.73 Å². The number of carbonyl (C=O) groups is 1. The van der Waals surface area contributed by atoms with Crippen LogP contribution in [0.2, 0.25) is 0 Å². The van der Waals surface area contributed by atoms with E-state index in [0.717, 1.165) is 11.1 Å². The van der Waals surface area contributed by atoms with Crippen molar-refractivity contribution in [3.8, 4) is 0 Å². The van der Waals surface area contributed by atoms with Gasteiger partial charge >= 0.3 is 0 Å². The topological polar surface area (TPSA) is 56.0 Å². The van der Waals surface area contributed by atoms with Gasteiger partial charge in [0.1, 0.15) is 11.6 Å². The van der Waals surface area contributed by atoms with E-state index in [2.05, 4.69) is 23.2 Å². The van der Waals surface area contributed by atoms with Crippen LogP contribution in [0.1, 0.15) is 22.3 Å². The Morgan fingerprint density at radius 2 is 1.84 bits per heavy atom. The molecule has 98 valence electrons. The Balaban J connectivity index is 2.07. The van der Waals surface area contributed by atoms with Crippen LogP contribution in [0.3, 0.4) is 0 Å². The summed E-state index contributed by atoms with van der Waals surface area (Å²) in [4.78, 5) is 16.1. The number of anilines is 1. The van der Waals surface area contributed by atoms with Crippen LogP contribution in [0.5, 0.6) is 0 Å². The van der Waals surface area contributed by atoms with Gasteiger partial charge in [0, 0.05) is 24.6 Å². The zero-order valence-corrected chi connectivity index (χ0v) is 11.3. The fourth-order valence-electron chi connectivity index (χ4n) is 2.27. The molecule has 0 atom stereocenters. The fraction of sp³-hybridized carbons (Fsp3) is 0.250. The lowest BCUT2D eigenvalue weighted by Gasteiger charge is -2.06. The molecule has 0 fully saturated rings. The van der Waals surface area contributed by atoms with Crippen LogP contribution in [0.4, 0.5) is 5.82 Å². The number of aromatic nitrogens is 1. The van der Waals surface area contributed by atoms with Crippen LogP contribution in [0.15, 0.2) is 36.5 Å². The maximum Gasteiger partial charge on any atom is 0.141 e. The minimum atomic E-state index is 0.157. The molecule has 1 aromatic heterocycles. The average molecular weight is 254 g/mol. The van der Waals surface area contributed by atoms with Crippen LogP contribution in [0, 0.1) is 13.8 Å². The first-order valence-electron chi connectivity index (χ1n) is 6.33. The second-order valence-electron chi connectivity index (χ2n) is 4.94. The summed E-state index contributed by atoms with van der Waals surface area (Å²) in [5, 5.41) is 0. The summed E-state index contributed by atoms with van der Waals surface area (Å²) in [7, 11) is 0. The summed E-state index contributed by atoms with van der Waals surface area (Å²) in [6.07, 6.45) is 2.41. The molecule has 1 heterocycles. The quantitative estimate of drug-likeness (QED) is 0.912. The molecule has 0 spiro atoms. The molecule has 1 aromatic carbocycles. The van der Waals surface area contributed by atoms with E-state index in [9.17, 15) is 4.79 Å². The summed E-state index contributed by atoms with van der Waals surface area (Å²) in [6, 6.07) is 9.86. The first kappa shape index (κ1) is 13.3. The zero-order chi connectivity index (χ0) is 13.8. The highest BCUT2D eigenvalue weighted by atomic mass is 16.1. The second kappa shape index (κ2) is 5.65. The molecule has 0 bridgehead atoms. The normalized spacial score (nSPS) is 10.4. The van der Waals surface area contributed by atoms with Gasteiger partial charge in [0.25, 0.3) is 0 Å². The van der Waals surface area contributed by atoms with E-state index >= 15 is 0 Å². The van der Waals surface area contributed by atoms with E-state index < -0.39 is 0 Å². The number of hydrogen-bond donors (Lipinski definition) is 1. The second-order valence-corrected chi connectivity index (χ2v) is 4.94. The van der Waals surface area contributed by atoms with Gasteiger partial charge in [-0.3, -0.25) is 4.79 Å². The van der Waals surface area contributed by atoms with Crippen molar-refractivity contribution in [2.75, 3.05) is 5.73 Å². The summed E-state index contributed by atoms with van der Waals surface area (Å²) < 4.78 is 0. The van der Waals surface area contributed by atoms with Crippen molar-refractivity contribution < 1.29 is 4.79 Å². The van der Waals surface area contributed by atoms with E-state index in [-0.39, 0.29) is 5.78 Å². The third-order valence-electron chi connectivity index (χ3n) is 3.00. The number of nitrogens with zero attached hydrogens (tertiary/aromatic N) is 1. The largest absolute Gasteiger partial charge is 0.383 e. The Labute approximate surface area is 113 Å². The number of aryl methyl sites for hydroxylation is 2. The molecule has 2 aromatic rings. The third kappa shape index (κ3) is 3.65. The highest BCUT2D eigenvalue weighted by Crippen LogP contribution is 2.13. The molecule has 0 saturated heterocycles. The minimum absolute atomic E-state index is 0.157. The van der Waals surface area contributed by atoms with E-state index in [1.165, 1.54) is 11.1 Å². The number of nitrogens with two attached hydrogens (primary N) is 1. The molecule has 0 aliphatic rings. The van der Waals surface area contributed by atoms with Crippen molar-refractivity contribution in [3.05, 3.63) is 58.8 Å². The summed E-state index contributed by atoms with van der Waals surface area (Å²) in [6.45, 7) is 4.08. The predicted octanol–water partition coefficient (Wildman–Crippen LogP) is 2.63. The lowest BCUT2D eigenvalue weighted by atomic mass is 10.00. The molecule has 3 nitrogen and oxygen atoms in total. The van der Waals surface area contributed by atoms with Crippen LogP contribution in [-0.4, -0.2) is 10.8 Å². The zero-order valence-electron chi connectivity index (χ0n) is 11.3. The van der Waals surface area contributed by atoms with Gasteiger partial charge in [0.2, 0.25) is 0 Å². The average Bonchev–Trinajstić information content (AvgIpc) is 2.30. The molecule has 0 aliphatic heterocycles. The third-order valence-corrected chi connectivity index (χ3v) is 3.00.